The molecule has 0 N–H and O–H groups in total. The summed E-state index contributed by atoms with van der Waals surface area (Å²) in [7, 11) is -0.796. The zero-order chi connectivity index (χ0) is 20.6. The van der Waals surface area contributed by atoms with Gasteiger partial charge in [0, 0.05) is 36.1 Å². The summed E-state index contributed by atoms with van der Waals surface area (Å²) >= 11 is 6.05. The van der Waals surface area contributed by atoms with Gasteiger partial charge in [-0.3, -0.25) is 0 Å². The summed E-state index contributed by atoms with van der Waals surface area (Å²) in [6.45, 7) is 0.935. The van der Waals surface area contributed by atoms with Gasteiger partial charge in [0.2, 0.25) is 10.0 Å². The fraction of sp³-hybridized carbons (Fsp3) is 0.238. The van der Waals surface area contributed by atoms with Crippen LogP contribution in [-0.2, 0) is 16.6 Å². The van der Waals surface area contributed by atoms with E-state index < -0.39 is 16.1 Å². The van der Waals surface area contributed by atoms with Gasteiger partial charge in [-0.1, -0.05) is 23.7 Å². The fourth-order valence-corrected chi connectivity index (χ4v) is 5.44. The molecule has 152 valence electrons. The van der Waals surface area contributed by atoms with E-state index >= 15 is 0 Å². The van der Waals surface area contributed by atoms with Crippen LogP contribution in [0.5, 0.6) is 11.5 Å². The lowest BCUT2D eigenvalue weighted by atomic mass is 10.0. The minimum absolute atomic E-state index is 0.161. The predicted molar refractivity (Wildman–Crippen MR) is 111 cm³/mol. The Kier molecular flexibility index (Phi) is 5.29. The van der Waals surface area contributed by atoms with Gasteiger partial charge in [0.15, 0.2) is 11.5 Å². The Hall–Kier alpha value is -2.48. The summed E-state index contributed by atoms with van der Waals surface area (Å²) in [5.74, 6) is 0.852. The van der Waals surface area contributed by atoms with Gasteiger partial charge in [0.1, 0.15) is 0 Å². The van der Waals surface area contributed by atoms with Gasteiger partial charge in [0.25, 0.3) is 0 Å². The molecule has 0 saturated carbocycles. The second kappa shape index (κ2) is 7.74. The van der Waals surface area contributed by atoms with E-state index in [1.807, 2.05) is 30.5 Å². The Morgan fingerprint density at radius 1 is 0.966 bits per heavy atom. The predicted octanol–water partition coefficient (Wildman–Crippen LogP) is 3.95. The van der Waals surface area contributed by atoms with Crippen LogP contribution in [0.2, 0.25) is 5.02 Å². The van der Waals surface area contributed by atoms with E-state index in [1.54, 1.807) is 24.3 Å². The number of halogens is 1. The van der Waals surface area contributed by atoms with Crippen molar-refractivity contribution in [2.75, 3.05) is 20.8 Å². The van der Waals surface area contributed by atoms with Gasteiger partial charge < -0.3 is 14.0 Å². The van der Waals surface area contributed by atoms with E-state index in [9.17, 15) is 8.42 Å². The van der Waals surface area contributed by atoms with Crippen LogP contribution >= 0.6 is 11.6 Å². The number of ether oxygens (including phenoxy) is 2. The molecule has 6 nitrogen and oxygen atoms in total. The summed E-state index contributed by atoms with van der Waals surface area (Å²) in [5.41, 5.74) is 1.78. The molecule has 0 amide bonds. The molecule has 0 unspecified atom stereocenters. The van der Waals surface area contributed by atoms with Crippen molar-refractivity contribution in [3.8, 4) is 11.5 Å². The molecule has 4 rings (SSSR count). The first-order chi connectivity index (χ1) is 14.0. The van der Waals surface area contributed by atoms with Gasteiger partial charge in [-0.15, -0.1) is 0 Å². The second-order valence-electron chi connectivity index (χ2n) is 6.71. The molecule has 0 spiro atoms. The van der Waals surface area contributed by atoms with E-state index in [-0.39, 0.29) is 4.90 Å². The van der Waals surface area contributed by atoms with Gasteiger partial charge in [-0.2, -0.15) is 4.31 Å². The van der Waals surface area contributed by atoms with Crippen molar-refractivity contribution >= 4 is 21.6 Å². The summed E-state index contributed by atoms with van der Waals surface area (Å²) in [4.78, 5) is 0.161. The van der Waals surface area contributed by atoms with Gasteiger partial charge in [0.05, 0.1) is 25.2 Å². The van der Waals surface area contributed by atoms with Gasteiger partial charge in [-0.25, -0.2) is 8.42 Å². The summed E-state index contributed by atoms with van der Waals surface area (Å²) in [6.07, 6.45) is 1.97. The molecule has 0 radical (unpaired) electrons. The minimum Gasteiger partial charge on any atom is -0.493 e. The molecule has 2 heterocycles. The first-order valence-corrected chi connectivity index (χ1v) is 10.9. The largest absolute Gasteiger partial charge is 0.493 e. The summed E-state index contributed by atoms with van der Waals surface area (Å²) in [5, 5.41) is 0.606. The van der Waals surface area contributed by atoms with E-state index in [0.29, 0.717) is 29.6 Å². The average molecular weight is 433 g/mol. The number of methoxy groups -OCH3 is 2. The van der Waals surface area contributed by atoms with Crippen LogP contribution in [0, 0.1) is 0 Å². The number of aromatic nitrogens is 1. The van der Waals surface area contributed by atoms with Crippen molar-refractivity contribution in [2.45, 2.75) is 17.5 Å². The molecule has 0 aliphatic carbocycles. The Morgan fingerprint density at radius 2 is 1.69 bits per heavy atom. The number of hydrogen-bond donors (Lipinski definition) is 0. The number of fused-ring (bicyclic) bond motifs is 1. The Balaban J connectivity index is 1.82. The van der Waals surface area contributed by atoms with Crippen LogP contribution in [0.4, 0.5) is 0 Å². The molecular formula is C21H21ClN2O4S. The van der Waals surface area contributed by atoms with Crippen LogP contribution < -0.4 is 9.47 Å². The van der Waals surface area contributed by atoms with Gasteiger partial charge >= 0.3 is 0 Å². The van der Waals surface area contributed by atoms with Crippen LogP contribution in [0.25, 0.3) is 0 Å². The number of benzene rings is 2. The Bertz CT molecular complexity index is 1130. The van der Waals surface area contributed by atoms with E-state index in [0.717, 1.165) is 11.3 Å². The highest BCUT2D eigenvalue weighted by Crippen LogP contribution is 2.38. The number of nitrogens with zero attached hydrogens (tertiary/aromatic N) is 2. The van der Waals surface area contributed by atoms with Crippen molar-refractivity contribution in [1.82, 2.24) is 8.87 Å². The third-order valence-electron chi connectivity index (χ3n) is 5.14. The first kappa shape index (κ1) is 19.8. The third-order valence-corrected chi connectivity index (χ3v) is 7.25. The maximum Gasteiger partial charge on any atom is 0.244 e. The lowest BCUT2D eigenvalue weighted by molar-refractivity contribution is 0.298. The highest BCUT2D eigenvalue weighted by atomic mass is 35.5. The van der Waals surface area contributed by atoms with E-state index in [4.69, 9.17) is 21.1 Å². The van der Waals surface area contributed by atoms with Crippen molar-refractivity contribution < 1.29 is 17.9 Å². The molecule has 3 aromatic rings. The topological polar surface area (TPSA) is 60.8 Å². The zero-order valence-electron chi connectivity index (χ0n) is 16.1. The SMILES string of the molecule is COc1ccc(S(=O)(=O)N2CCn3cccc3[C@H]2c2ccc(Cl)cc2)cc1OC. The highest BCUT2D eigenvalue weighted by Gasteiger charge is 2.37. The van der Waals surface area contributed by atoms with E-state index in [2.05, 4.69) is 4.57 Å². The standard InChI is InChI=1S/C21H21ClN2O4S/c1-27-19-10-9-17(14-20(19)28-2)29(25,26)24-13-12-23-11-3-4-18(23)21(24)15-5-7-16(22)8-6-15/h3-11,14,21H,12-13H2,1-2H3/t21-/m1/s1. The van der Waals surface area contributed by atoms with Crippen LogP contribution in [0.3, 0.4) is 0 Å². The Morgan fingerprint density at radius 3 is 2.38 bits per heavy atom. The molecule has 0 saturated heterocycles. The lowest BCUT2D eigenvalue weighted by Crippen LogP contribution is -2.42. The molecule has 1 atom stereocenters. The molecule has 2 aromatic carbocycles. The average Bonchev–Trinajstić information content (AvgIpc) is 3.22. The van der Waals surface area contributed by atoms with Crippen LogP contribution in [0.1, 0.15) is 17.3 Å². The normalized spacial score (nSPS) is 17.0. The fourth-order valence-electron chi connectivity index (χ4n) is 3.72. The highest BCUT2D eigenvalue weighted by molar-refractivity contribution is 7.89. The number of hydrogen-bond acceptors (Lipinski definition) is 4. The maximum atomic E-state index is 13.6. The first-order valence-electron chi connectivity index (χ1n) is 9.10. The monoisotopic (exact) mass is 432 g/mol. The van der Waals surface area contributed by atoms with Crippen LogP contribution in [0.15, 0.2) is 65.7 Å². The molecule has 29 heavy (non-hydrogen) atoms. The molecular weight excluding hydrogens is 412 g/mol. The lowest BCUT2D eigenvalue weighted by Gasteiger charge is -2.36. The van der Waals surface area contributed by atoms with Crippen molar-refractivity contribution in [3.63, 3.8) is 0 Å². The van der Waals surface area contributed by atoms with Crippen LogP contribution in [-0.4, -0.2) is 38.1 Å². The van der Waals surface area contributed by atoms with E-state index in [1.165, 1.54) is 24.6 Å². The van der Waals surface area contributed by atoms with Crippen molar-refractivity contribution in [1.29, 1.82) is 0 Å². The number of rotatable bonds is 5. The third kappa shape index (κ3) is 3.50. The van der Waals surface area contributed by atoms with Crippen molar-refractivity contribution in [2.24, 2.45) is 0 Å². The molecule has 0 fully saturated rings. The quantitative estimate of drug-likeness (QED) is 0.612. The molecule has 8 heteroatoms. The van der Waals surface area contributed by atoms with Crippen molar-refractivity contribution in [3.05, 3.63) is 77.1 Å². The summed E-state index contributed by atoms with van der Waals surface area (Å²) in [6, 6.07) is 15.4. The van der Waals surface area contributed by atoms with Gasteiger partial charge in [-0.05, 0) is 42.0 Å². The molecule has 1 aliphatic rings. The number of sulfonamides is 1. The molecule has 0 bridgehead atoms. The smallest absolute Gasteiger partial charge is 0.244 e. The maximum absolute atomic E-state index is 13.6. The summed E-state index contributed by atoms with van der Waals surface area (Å²) < 4.78 is 41.4. The Labute approximate surface area is 175 Å². The zero-order valence-corrected chi connectivity index (χ0v) is 17.7. The second-order valence-corrected chi connectivity index (χ2v) is 9.04. The molecule has 1 aliphatic heterocycles. The minimum atomic E-state index is -3.80. The molecule has 1 aromatic heterocycles.